The van der Waals surface area contributed by atoms with E-state index in [2.05, 4.69) is 22.6 Å². The van der Waals surface area contributed by atoms with Gasteiger partial charge >= 0.3 is 0 Å². The zero-order valence-corrected chi connectivity index (χ0v) is 10.7. The van der Waals surface area contributed by atoms with Crippen molar-refractivity contribution < 1.29 is 14.3 Å². The van der Waals surface area contributed by atoms with E-state index in [4.69, 9.17) is 9.47 Å². The molecule has 0 aromatic heterocycles. The van der Waals surface area contributed by atoms with Crippen LogP contribution in [-0.2, 0) is 4.74 Å². The highest BCUT2D eigenvalue weighted by atomic mass is 127. The van der Waals surface area contributed by atoms with Crippen LogP contribution in [0.15, 0.2) is 18.2 Å². The average Bonchev–Trinajstić information content (AvgIpc) is 2.26. The van der Waals surface area contributed by atoms with Gasteiger partial charge in [-0.15, -0.1) is 0 Å². The minimum Gasteiger partial charge on any atom is -0.489 e. The van der Waals surface area contributed by atoms with Gasteiger partial charge < -0.3 is 9.47 Å². The Morgan fingerprint density at radius 3 is 2.87 bits per heavy atom. The van der Waals surface area contributed by atoms with Crippen molar-refractivity contribution in [3.05, 3.63) is 27.3 Å². The van der Waals surface area contributed by atoms with Crippen molar-refractivity contribution in [2.45, 2.75) is 6.92 Å². The molecule has 15 heavy (non-hydrogen) atoms. The van der Waals surface area contributed by atoms with Crippen LogP contribution in [-0.4, -0.2) is 26.1 Å². The van der Waals surface area contributed by atoms with E-state index in [1.807, 2.05) is 19.1 Å². The van der Waals surface area contributed by atoms with Crippen molar-refractivity contribution in [2.24, 2.45) is 0 Å². The number of carbonyl (C=O) groups excluding carboxylic acids is 1. The van der Waals surface area contributed by atoms with Gasteiger partial charge in [0.1, 0.15) is 12.4 Å². The summed E-state index contributed by atoms with van der Waals surface area (Å²) in [6.45, 7) is 3.62. The Balaban J connectivity index is 2.62. The summed E-state index contributed by atoms with van der Waals surface area (Å²) in [6.07, 6.45) is 0.804. The topological polar surface area (TPSA) is 35.5 Å². The normalized spacial score (nSPS) is 10.0. The maximum Gasteiger partial charge on any atom is 0.153 e. The van der Waals surface area contributed by atoms with E-state index in [1.54, 1.807) is 6.07 Å². The van der Waals surface area contributed by atoms with Crippen molar-refractivity contribution in [1.29, 1.82) is 0 Å². The molecular weight excluding hydrogens is 307 g/mol. The Morgan fingerprint density at radius 2 is 2.20 bits per heavy atom. The lowest BCUT2D eigenvalue weighted by atomic mass is 10.2. The Hall–Kier alpha value is -0.620. The molecule has 1 rings (SSSR count). The maximum atomic E-state index is 10.8. The van der Waals surface area contributed by atoms with E-state index in [1.165, 1.54) is 0 Å². The van der Waals surface area contributed by atoms with Crippen LogP contribution in [0.3, 0.4) is 0 Å². The average molecular weight is 320 g/mol. The second-order valence-corrected chi connectivity index (χ2v) is 3.98. The van der Waals surface area contributed by atoms with Gasteiger partial charge in [0.2, 0.25) is 0 Å². The summed E-state index contributed by atoms with van der Waals surface area (Å²) in [6, 6.07) is 5.48. The summed E-state index contributed by atoms with van der Waals surface area (Å²) in [5.74, 6) is 0.646. The summed E-state index contributed by atoms with van der Waals surface area (Å²) in [5, 5.41) is 0. The third-order valence-electron chi connectivity index (χ3n) is 1.80. The van der Waals surface area contributed by atoms with Crippen molar-refractivity contribution >= 4 is 28.9 Å². The van der Waals surface area contributed by atoms with Gasteiger partial charge in [-0.25, -0.2) is 0 Å². The monoisotopic (exact) mass is 320 g/mol. The van der Waals surface area contributed by atoms with Crippen LogP contribution in [0.25, 0.3) is 0 Å². The first kappa shape index (κ1) is 12.4. The van der Waals surface area contributed by atoms with Crippen LogP contribution < -0.4 is 4.74 Å². The largest absolute Gasteiger partial charge is 0.489 e. The number of benzene rings is 1. The molecule has 0 saturated heterocycles. The summed E-state index contributed by atoms with van der Waals surface area (Å²) in [7, 11) is 0. The Bertz CT molecular complexity index is 326. The van der Waals surface area contributed by atoms with Crippen molar-refractivity contribution in [3.8, 4) is 5.75 Å². The van der Waals surface area contributed by atoms with Gasteiger partial charge in [0.15, 0.2) is 6.29 Å². The molecule has 0 heterocycles. The summed E-state index contributed by atoms with van der Waals surface area (Å²) < 4.78 is 11.6. The zero-order valence-electron chi connectivity index (χ0n) is 8.53. The number of aldehydes is 1. The SMILES string of the molecule is CCOCCOc1c(I)cccc1C=O. The van der Waals surface area contributed by atoms with E-state index in [0.717, 1.165) is 9.86 Å². The Kier molecular flexibility index (Phi) is 5.63. The summed E-state index contributed by atoms with van der Waals surface area (Å²) in [5.41, 5.74) is 0.582. The first-order valence-electron chi connectivity index (χ1n) is 4.73. The molecule has 0 amide bonds. The third kappa shape index (κ3) is 3.79. The van der Waals surface area contributed by atoms with E-state index >= 15 is 0 Å². The van der Waals surface area contributed by atoms with E-state index < -0.39 is 0 Å². The number of rotatable bonds is 6. The highest BCUT2D eigenvalue weighted by molar-refractivity contribution is 14.1. The molecule has 4 heteroatoms. The molecule has 1 aromatic carbocycles. The molecule has 0 unspecified atom stereocenters. The van der Waals surface area contributed by atoms with Gasteiger partial charge in [-0.3, -0.25) is 4.79 Å². The highest BCUT2D eigenvalue weighted by Crippen LogP contribution is 2.24. The van der Waals surface area contributed by atoms with Gasteiger partial charge in [-0.05, 0) is 41.6 Å². The number of halogens is 1. The standard InChI is InChI=1S/C11H13IO3/c1-2-14-6-7-15-11-9(8-13)4-3-5-10(11)12/h3-5,8H,2,6-7H2,1H3. The lowest BCUT2D eigenvalue weighted by molar-refractivity contribution is 0.106. The van der Waals surface area contributed by atoms with E-state index in [-0.39, 0.29) is 0 Å². The quantitative estimate of drug-likeness (QED) is 0.459. The molecule has 82 valence electrons. The van der Waals surface area contributed by atoms with Crippen molar-refractivity contribution in [1.82, 2.24) is 0 Å². The predicted octanol–water partition coefficient (Wildman–Crippen LogP) is 2.52. The number of hydrogen-bond donors (Lipinski definition) is 0. The van der Waals surface area contributed by atoms with Crippen LogP contribution in [0.2, 0.25) is 0 Å². The minimum absolute atomic E-state index is 0.467. The lowest BCUT2D eigenvalue weighted by Crippen LogP contribution is -2.08. The Labute approximate surface area is 103 Å². The highest BCUT2D eigenvalue weighted by Gasteiger charge is 2.06. The smallest absolute Gasteiger partial charge is 0.153 e. The van der Waals surface area contributed by atoms with Gasteiger partial charge in [-0.1, -0.05) is 6.07 Å². The van der Waals surface area contributed by atoms with Crippen LogP contribution in [0.4, 0.5) is 0 Å². The van der Waals surface area contributed by atoms with Crippen molar-refractivity contribution in [3.63, 3.8) is 0 Å². The first-order valence-corrected chi connectivity index (χ1v) is 5.81. The van der Waals surface area contributed by atoms with Crippen molar-refractivity contribution in [2.75, 3.05) is 19.8 Å². The lowest BCUT2D eigenvalue weighted by Gasteiger charge is -2.09. The molecule has 0 bridgehead atoms. The minimum atomic E-state index is 0.467. The van der Waals surface area contributed by atoms with Gasteiger partial charge in [0.05, 0.1) is 15.7 Å². The number of carbonyl (C=O) groups is 1. The summed E-state index contributed by atoms with van der Waals surface area (Å²) >= 11 is 2.15. The second kappa shape index (κ2) is 6.79. The summed E-state index contributed by atoms with van der Waals surface area (Å²) in [4.78, 5) is 10.8. The molecular formula is C11H13IO3. The third-order valence-corrected chi connectivity index (χ3v) is 2.65. The molecule has 0 N–H and O–H groups in total. The molecule has 0 fully saturated rings. The van der Waals surface area contributed by atoms with E-state index in [0.29, 0.717) is 31.1 Å². The first-order chi connectivity index (χ1) is 7.29. The van der Waals surface area contributed by atoms with Gasteiger partial charge in [0.25, 0.3) is 0 Å². The molecule has 0 atom stereocenters. The van der Waals surface area contributed by atoms with Crippen LogP contribution in [0.5, 0.6) is 5.75 Å². The number of ether oxygens (including phenoxy) is 2. The molecule has 0 saturated carbocycles. The number of para-hydroxylation sites is 1. The van der Waals surface area contributed by atoms with Crippen LogP contribution >= 0.6 is 22.6 Å². The molecule has 3 nitrogen and oxygen atoms in total. The molecule has 0 aliphatic carbocycles. The predicted molar refractivity (Wildman–Crippen MR) is 66.5 cm³/mol. The second-order valence-electron chi connectivity index (χ2n) is 2.82. The molecule has 0 spiro atoms. The molecule has 0 aliphatic rings. The molecule has 0 aliphatic heterocycles. The number of hydrogen-bond acceptors (Lipinski definition) is 3. The Morgan fingerprint density at radius 1 is 1.40 bits per heavy atom. The van der Waals surface area contributed by atoms with Gasteiger partial charge in [0, 0.05) is 6.61 Å². The zero-order chi connectivity index (χ0) is 11.1. The fourth-order valence-corrected chi connectivity index (χ4v) is 1.79. The maximum absolute atomic E-state index is 10.8. The fourth-order valence-electron chi connectivity index (χ4n) is 1.12. The van der Waals surface area contributed by atoms with Crippen LogP contribution in [0, 0.1) is 3.57 Å². The van der Waals surface area contributed by atoms with Gasteiger partial charge in [-0.2, -0.15) is 0 Å². The molecule has 0 radical (unpaired) electrons. The van der Waals surface area contributed by atoms with E-state index in [9.17, 15) is 4.79 Å². The fraction of sp³-hybridized carbons (Fsp3) is 0.364. The molecule has 1 aromatic rings. The van der Waals surface area contributed by atoms with Crippen LogP contribution in [0.1, 0.15) is 17.3 Å².